The fourth-order valence-corrected chi connectivity index (χ4v) is 1.78. The van der Waals surface area contributed by atoms with Gasteiger partial charge in [0.1, 0.15) is 12.7 Å². The predicted molar refractivity (Wildman–Crippen MR) is 62.6 cm³/mol. The van der Waals surface area contributed by atoms with Gasteiger partial charge in [0.05, 0.1) is 5.69 Å². The van der Waals surface area contributed by atoms with Crippen LogP contribution in [0.4, 0.5) is 17.3 Å². The molecule has 0 amide bonds. The Balaban J connectivity index is 2.07. The van der Waals surface area contributed by atoms with Crippen molar-refractivity contribution in [2.24, 2.45) is 0 Å². The van der Waals surface area contributed by atoms with E-state index in [0.717, 1.165) is 11.4 Å². The van der Waals surface area contributed by atoms with Crippen molar-refractivity contribution >= 4 is 24.9 Å². The van der Waals surface area contributed by atoms with Gasteiger partial charge in [0.25, 0.3) is 0 Å². The van der Waals surface area contributed by atoms with Crippen molar-refractivity contribution in [2.75, 3.05) is 16.7 Å². The Labute approximate surface area is 94.1 Å². The molecule has 0 N–H and O–H groups in total. The van der Waals surface area contributed by atoms with E-state index >= 15 is 0 Å². The Morgan fingerprint density at radius 1 is 1.06 bits per heavy atom. The van der Waals surface area contributed by atoms with Gasteiger partial charge in [-0.1, -0.05) is 12.1 Å². The molecule has 1 aromatic heterocycles. The summed E-state index contributed by atoms with van der Waals surface area (Å²) in [5.41, 5.74) is 2.22. The lowest BCUT2D eigenvalue weighted by Gasteiger charge is -2.14. The summed E-state index contributed by atoms with van der Waals surface area (Å²) in [5, 5.41) is 0. The highest BCUT2D eigenvalue weighted by Gasteiger charge is 2.27. The highest BCUT2D eigenvalue weighted by Crippen LogP contribution is 2.36. The minimum absolute atomic E-state index is 0.631. The molecule has 3 rings (SSSR count). The molecule has 0 saturated carbocycles. The quantitative estimate of drug-likeness (QED) is 0.656. The van der Waals surface area contributed by atoms with Crippen LogP contribution < -0.4 is 9.62 Å². The third-order valence-corrected chi connectivity index (χ3v) is 2.51. The number of benzene rings is 1. The van der Waals surface area contributed by atoms with Crippen LogP contribution in [-0.4, -0.2) is 29.5 Å². The molecule has 0 atom stereocenters. The molecule has 5 nitrogen and oxygen atoms in total. The van der Waals surface area contributed by atoms with Crippen LogP contribution in [0, 0.1) is 0 Å². The molecule has 0 bridgehead atoms. The predicted octanol–water partition coefficient (Wildman–Crippen LogP) is 0.994. The van der Waals surface area contributed by atoms with Gasteiger partial charge in [-0.25, -0.2) is 15.0 Å². The van der Waals surface area contributed by atoms with E-state index in [1.54, 1.807) is 0 Å². The van der Waals surface area contributed by atoms with E-state index in [9.17, 15) is 0 Å². The Bertz CT molecular complexity index is 504. The highest BCUT2D eigenvalue weighted by atomic mass is 15.3. The van der Waals surface area contributed by atoms with Crippen LogP contribution in [0.3, 0.4) is 0 Å². The molecule has 1 aromatic carbocycles. The SMILES string of the molecule is CN1[B]N(c2ncncn2)c2ccccc21. The average molecular weight is 210 g/mol. The van der Waals surface area contributed by atoms with Gasteiger partial charge in [-0.05, 0) is 19.2 Å². The van der Waals surface area contributed by atoms with E-state index in [2.05, 4.69) is 21.0 Å². The monoisotopic (exact) mass is 210 g/mol. The molecule has 0 saturated heterocycles. The molecule has 77 valence electrons. The van der Waals surface area contributed by atoms with E-state index in [1.807, 2.05) is 42.4 Å². The first kappa shape index (κ1) is 9.14. The van der Waals surface area contributed by atoms with Gasteiger partial charge in [-0.15, -0.1) is 0 Å². The van der Waals surface area contributed by atoms with Crippen molar-refractivity contribution in [3.05, 3.63) is 36.9 Å². The summed E-state index contributed by atoms with van der Waals surface area (Å²) >= 11 is 0. The van der Waals surface area contributed by atoms with Gasteiger partial charge in [-0.2, -0.15) is 0 Å². The second-order valence-corrected chi connectivity index (χ2v) is 3.52. The standard InChI is InChI=1S/C10H9BN5/c1-15-8-4-2-3-5-9(8)16(11-15)10-13-6-12-7-14-10/h2-7H,1H3. The number of aromatic nitrogens is 3. The fraction of sp³-hybridized carbons (Fsp3) is 0.100. The molecule has 0 unspecified atom stereocenters. The van der Waals surface area contributed by atoms with Gasteiger partial charge in [0.15, 0.2) is 0 Å². The van der Waals surface area contributed by atoms with Gasteiger partial charge in [-0.3, -0.25) is 0 Å². The normalized spacial score (nSPS) is 13.6. The lowest BCUT2D eigenvalue weighted by atomic mass is 10.1. The molecule has 1 radical (unpaired) electrons. The third kappa shape index (κ3) is 1.30. The molecule has 2 aromatic rings. The number of para-hydroxylation sites is 2. The zero-order chi connectivity index (χ0) is 11.0. The van der Waals surface area contributed by atoms with E-state index in [1.165, 1.54) is 12.7 Å². The minimum atomic E-state index is 0.631. The smallest absolute Gasteiger partial charge is 0.398 e. The Hall–Kier alpha value is -2.11. The second kappa shape index (κ2) is 3.48. The lowest BCUT2D eigenvalue weighted by molar-refractivity contribution is 1.03. The molecule has 0 spiro atoms. The summed E-state index contributed by atoms with van der Waals surface area (Å²) in [4.78, 5) is 16.1. The van der Waals surface area contributed by atoms with Gasteiger partial charge < -0.3 is 9.62 Å². The van der Waals surface area contributed by atoms with Crippen molar-refractivity contribution in [2.45, 2.75) is 0 Å². The summed E-state index contributed by atoms with van der Waals surface area (Å²) in [5.74, 6) is 0.631. The van der Waals surface area contributed by atoms with Crippen LogP contribution in [0.15, 0.2) is 36.9 Å². The molecule has 6 heteroatoms. The number of hydrogen-bond donors (Lipinski definition) is 0. The van der Waals surface area contributed by atoms with E-state index < -0.39 is 0 Å². The van der Waals surface area contributed by atoms with Crippen LogP contribution in [0.25, 0.3) is 0 Å². The van der Waals surface area contributed by atoms with Crippen molar-refractivity contribution in [1.82, 2.24) is 15.0 Å². The summed E-state index contributed by atoms with van der Waals surface area (Å²) < 4.78 is 0. The number of hydrogen-bond acceptors (Lipinski definition) is 5. The summed E-state index contributed by atoms with van der Waals surface area (Å²) in [6.07, 6.45) is 2.99. The fourth-order valence-electron chi connectivity index (χ4n) is 1.78. The van der Waals surface area contributed by atoms with Gasteiger partial charge >= 0.3 is 7.55 Å². The summed E-state index contributed by atoms with van der Waals surface area (Å²) in [7, 11) is 3.96. The number of anilines is 3. The van der Waals surface area contributed by atoms with E-state index in [0.29, 0.717) is 5.95 Å². The molecular formula is C10H9BN5. The number of nitrogens with zero attached hydrogens (tertiary/aromatic N) is 5. The van der Waals surface area contributed by atoms with E-state index in [-0.39, 0.29) is 0 Å². The first-order chi connectivity index (χ1) is 7.86. The summed E-state index contributed by atoms with van der Waals surface area (Å²) in [6.45, 7) is 0. The molecule has 1 aliphatic rings. The maximum atomic E-state index is 4.14. The topological polar surface area (TPSA) is 45.2 Å². The molecule has 16 heavy (non-hydrogen) atoms. The molecular weight excluding hydrogens is 201 g/mol. The van der Waals surface area contributed by atoms with Gasteiger partial charge in [0.2, 0.25) is 5.95 Å². The first-order valence-corrected chi connectivity index (χ1v) is 4.94. The lowest BCUT2D eigenvalue weighted by Crippen LogP contribution is -2.29. The van der Waals surface area contributed by atoms with Crippen molar-refractivity contribution in [1.29, 1.82) is 0 Å². The molecule has 0 aliphatic carbocycles. The van der Waals surface area contributed by atoms with Crippen LogP contribution >= 0.6 is 0 Å². The van der Waals surface area contributed by atoms with Crippen LogP contribution in [-0.2, 0) is 0 Å². The zero-order valence-electron chi connectivity index (χ0n) is 8.78. The summed E-state index contributed by atoms with van der Waals surface area (Å²) in [6, 6.07) is 8.12. The van der Waals surface area contributed by atoms with Crippen LogP contribution in [0.5, 0.6) is 0 Å². The van der Waals surface area contributed by atoms with Crippen LogP contribution in [0.1, 0.15) is 0 Å². The average Bonchev–Trinajstić information content (AvgIpc) is 2.69. The first-order valence-electron chi connectivity index (χ1n) is 4.94. The minimum Gasteiger partial charge on any atom is -0.400 e. The second-order valence-electron chi connectivity index (χ2n) is 3.52. The Morgan fingerprint density at radius 3 is 2.50 bits per heavy atom. The maximum Gasteiger partial charge on any atom is 0.398 e. The molecule has 1 aliphatic heterocycles. The molecule has 2 heterocycles. The van der Waals surface area contributed by atoms with Gasteiger partial charge in [0, 0.05) is 5.69 Å². The molecule has 0 fully saturated rings. The highest BCUT2D eigenvalue weighted by molar-refractivity contribution is 6.52. The number of rotatable bonds is 1. The zero-order valence-corrected chi connectivity index (χ0v) is 8.78. The van der Waals surface area contributed by atoms with Crippen molar-refractivity contribution < 1.29 is 0 Å². The Kier molecular flexibility index (Phi) is 1.99. The maximum absolute atomic E-state index is 4.14. The largest absolute Gasteiger partial charge is 0.400 e. The van der Waals surface area contributed by atoms with Crippen LogP contribution in [0.2, 0.25) is 0 Å². The van der Waals surface area contributed by atoms with Crippen molar-refractivity contribution in [3.63, 3.8) is 0 Å². The van der Waals surface area contributed by atoms with Crippen molar-refractivity contribution in [3.8, 4) is 0 Å². The number of fused-ring (bicyclic) bond motifs is 1. The Morgan fingerprint density at radius 2 is 1.75 bits per heavy atom. The third-order valence-electron chi connectivity index (χ3n) is 2.51. The van der Waals surface area contributed by atoms with E-state index in [4.69, 9.17) is 0 Å².